The summed E-state index contributed by atoms with van der Waals surface area (Å²) in [5, 5.41) is 10.3. The third-order valence-corrected chi connectivity index (χ3v) is 3.70. The number of phenolic OH excluding ortho intramolecular Hbond substituents is 1. The highest BCUT2D eigenvalue weighted by Gasteiger charge is 2.23. The molecule has 3 nitrogen and oxygen atoms in total. The minimum absolute atomic E-state index is 0.206. The van der Waals surface area contributed by atoms with Crippen molar-refractivity contribution in [2.45, 2.75) is 30.4 Å². The van der Waals surface area contributed by atoms with E-state index < -0.39 is 0 Å². The zero-order valence-electron chi connectivity index (χ0n) is 9.32. The van der Waals surface area contributed by atoms with Crippen LogP contribution >= 0.6 is 11.8 Å². The van der Waals surface area contributed by atoms with Gasteiger partial charge in [-0.05, 0) is 25.5 Å². The summed E-state index contributed by atoms with van der Waals surface area (Å²) in [5.41, 5.74) is 1.38. The molecule has 1 aliphatic heterocycles. The molecule has 1 atom stereocenters. The summed E-state index contributed by atoms with van der Waals surface area (Å²) in [6.45, 7) is 4.22. The summed E-state index contributed by atoms with van der Waals surface area (Å²) in [6.07, 6.45) is 0.856. The highest BCUT2D eigenvalue weighted by atomic mass is 32.2. The van der Waals surface area contributed by atoms with E-state index in [0.717, 1.165) is 16.9 Å². The minimum atomic E-state index is -0.374. The first-order valence-electron chi connectivity index (χ1n) is 5.31. The van der Waals surface area contributed by atoms with Crippen molar-refractivity contribution in [3.63, 3.8) is 0 Å². The molecule has 1 aromatic carbocycles. The van der Waals surface area contributed by atoms with Crippen LogP contribution in [0.3, 0.4) is 0 Å². The number of aromatic hydroxyl groups is 1. The number of esters is 1. The number of rotatable bonds is 2. The molecule has 0 radical (unpaired) electrons. The first-order valence-corrected chi connectivity index (χ1v) is 6.19. The maximum atomic E-state index is 11.5. The summed E-state index contributed by atoms with van der Waals surface area (Å²) in [4.78, 5) is 12.5. The van der Waals surface area contributed by atoms with Gasteiger partial charge in [-0.1, -0.05) is 6.92 Å². The van der Waals surface area contributed by atoms with Gasteiger partial charge in [0.25, 0.3) is 0 Å². The lowest BCUT2D eigenvalue weighted by molar-refractivity contribution is 0.0525. The van der Waals surface area contributed by atoms with Crippen LogP contribution in [0.15, 0.2) is 17.0 Å². The lowest BCUT2D eigenvalue weighted by Gasteiger charge is -2.06. The summed E-state index contributed by atoms with van der Waals surface area (Å²) >= 11 is 1.69. The predicted octanol–water partition coefficient (Wildman–Crippen LogP) is 2.61. The van der Waals surface area contributed by atoms with Gasteiger partial charge in [-0.15, -0.1) is 11.8 Å². The van der Waals surface area contributed by atoms with Crippen molar-refractivity contribution < 1.29 is 14.6 Å². The number of fused-ring (bicyclic) bond motifs is 1. The third-order valence-electron chi connectivity index (χ3n) is 2.52. The van der Waals surface area contributed by atoms with Crippen molar-refractivity contribution in [2.75, 3.05) is 6.61 Å². The Morgan fingerprint density at radius 1 is 1.62 bits per heavy atom. The van der Waals surface area contributed by atoms with Gasteiger partial charge in [0.05, 0.1) is 12.2 Å². The molecule has 0 amide bonds. The summed E-state index contributed by atoms with van der Waals surface area (Å²) in [5.74, 6) is -0.168. The van der Waals surface area contributed by atoms with E-state index in [-0.39, 0.29) is 11.7 Å². The molecule has 1 aromatic rings. The maximum absolute atomic E-state index is 11.5. The molecule has 0 aromatic heterocycles. The lowest BCUT2D eigenvalue weighted by Crippen LogP contribution is -2.04. The number of hydrogen-bond acceptors (Lipinski definition) is 4. The van der Waals surface area contributed by atoms with Crippen molar-refractivity contribution in [3.8, 4) is 5.75 Å². The Bertz CT molecular complexity index is 429. The molecule has 0 fully saturated rings. The van der Waals surface area contributed by atoms with E-state index in [9.17, 15) is 9.90 Å². The molecule has 0 spiro atoms. The van der Waals surface area contributed by atoms with E-state index in [1.807, 2.05) is 0 Å². The SMILES string of the molecule is CCOC(=O)c1cc(O)c2c(c1)SC(C)C2. The van der Waals surface area contributed by atoms with E-state index in [1.165, 1.54) is 6.07 Å². The molecule has 1 heterocycles. The van der Waals surface area contributed by atoms with Crippen LogP contribution in [0.2, 0.25) is 0 Å². The van der Waals surface area contributed by atoms with E-state index in [1.54, 1.807) is 24.8 Å². The zero-order chi connectivity index (χ0) is 11.7. The summed E-state index contributed by atoms with van der Waals surface area (Å²) in [6, 6.07) is 3.30. The minimum Gasteiger partial charge on any atom is -0.508 e. The molecule has 86 valence electrons. The Balaban J connectivity index is 2.34. The van der Waals surface area contributed by atoms with Crippen LogP contribution in [0.4, 0.5) is 0 Å². The summed E-state index contributed by atoms with van der Waals surface area (Å²) < 4.78 is 4.91. The molecular weight excluding hydrogens is 224 g/mol. The second-order valence-electron chi connectivity index (χ2n) is 3.83. The van der Waals surface area contributed by atoms with Crippen LogP contribution in [0.1, 0.15) is 29.8 Å². The van der Waals surface area contributed by atoms with Crippen LogP contribution in [-0.2, 0) is 11.2 Å². The fourth-order valence-electron chi connectivity index (χ4n) is 1.82. The molecule has 0 bridgehead atoms. The van der Waals surface area contributed by atoms with Gasteiger partial charge in [-0.3, -0.25) is 0 Å². The van der Waals surface area contributed by atoms with Gasteiger partial charge < -0.3 is 9.84 Å². The number of hydrogen-bond donors (Lipinski definition) is 1. The molecule has 0 aliphatic carbocycles. The normalized spacial score (nSPS) is 18.2. The van der Waals surface area contributed by atoms with Crippen molar-refractivity contribution in [2.24, 2.45) is 0 Å². The van der Waals surface area contributed by atoms with Gasteiger partial charge in [-0.25, -0.2) is 4.79 Å². The van der Waals surface area contributed by atoms with Gasteiger partial charge >= 0.3 is 5.97 Å². The molecule has 1 unspecified atom stereocenters. The van der Waals surface area contributed by atoms with Crippen molar-refractivity contribution in [1.82, 2.24) is 0 Å². The molecule has 2 rings (SSSR count). The highest BCUT2D eigenvalue weighted by molar-refractivity contribution is 8.00. The number of carbonyl (C=O) groups is 1. The van der Waals surface area contributed by atoms with Crippen molar-refractivity contribution >= 4 is 17.7 Å². The van der Waals surface area contributed by atoms with Crippen LogP contribution in [0.5, 0.6) is 5.75 Å². The predicted molar refractivity (Wildman–Crippen MR) is 63.1 cm³/mol. The van der Waals surface area contributed by atoms with E-state index in [2.05, 4.69) is 6.92 Å². The number of phenols is 1. The molecule has 16 heavy (non-hydrogen) atoms. The molecular formula is C12H14O3S. The highest BCUT2D eigenvalue weighted by Crippen LogP contribution is 2.41. The maximum Gasteiger partial charge on any atom is 0.338 e. The van der Waals surface area contributed by atoms with Gasteiger partial charge in [0.15, 0.2) is 0 Å². The van der Waals surface area contributed by atoms with Crippen LogP contribution in [-0.4, -0.2) is 22.9 Å². The largest absolute Gasteiger partial charge is 0.508 e. The Morgan fingerprint density at radius 3 is 3.06 bits per heavy atom. The standard InChI is InChI=1S/C12H14O3S/c1-3-15-12(14)8-5-10(13)9-4-7(2)16-11(9)6-8/h5-7,13H,3-4H2,1-2H3. The fourth-order valence-corrected chi connectivity index (χ4v) is 3.03. The molecule has 4 heteroatoms. The first kappa shape index (κ1) is 11.3. The second-order valence-corrected chi connectivity index (χ2v) is 5.31. The van der Waals surface area contributed by atoms with Crippen molar-refractivity contribution in [1.29, 1.82) is 0 Å². The van der Waals surface area contributed by atoms with Gasteiger partial charge in [-0.2, -0.15) is 0 Å². The number of ether oxygens (including phenoxy) is 1. The molecule has 0 saturated heterocycles. The van der Waals surface area contributed by atoms with E-state index >= 15 is 0 Å². The number of benzene rings is 1. The monoisotopic (exact) mass is 238 g/mol. The van der Waals surface area contributed by atoms with Crippen LogP contribution < -0.4 is 0 Å². The topological polar surface area (TPSA) is 46.5 Å². The quantitative estimate of drug-likeness (QED) is 0.804. The van der Waals surface area contributed by atoms with Gasteiger partial charge in [0.1, 0.15) is 5.75 Å². The fraction of sp³-hybridized carbons (Fsp3) is 0.417. The van der Waals surface area contributed by atoms with Crippen LogP contribution in [0, 0.1) is 0 Å². The molecule has 1 aliphatic rings. The Labute approximate surface area is 98.8 Å². The van der Waals surface area contributed by atoms with Crippen LogP contribution in [0.25, 0.3) is 0 Å². The number of carbonyl (C=O) groups excluding carboxylic acids is 1. The van der Waals surface area contributed by atoms with Gasteiger partial charge in [0.2, 0.25) is 0 Å². The Hall–Kier alpha value is -1.16. The third kappa shape index (κ3) is 2.02. The molecule has 0 saturated carbocycles. The summed E-state index contributed by atoms with van der Waals surface area (Å²) in [7, 11) is 0. The smallest absolute Gasteiger partial charge is 0.338 e. The Morgan fingerprint density at radius 2 is 2.38 bits per heavy atom. The lowest BCUT2D eigenvalue weighted by atomic mass is 10.1. The second kappa shape index (κ2) is 4.37. The average Bonchev–Trinajstić information content (AvgIpc) is 2.59. The molecule has 1 N–H and O–H groups in total. The van der Waals surface area contributed by atoms with E-state index in [4.69, 9.17) is 4.74 Å². The average molecular weight is 238 g/mol. The van der Waals surface area contributed by atoms with Gasteiger partial charge in [0, 0.05) is 15.7 Å². The zero-order valence-corrected chi connectivity index (χ0v) is 10.1. The first-order chi connectivity index (χ1) is 7.61. The van der Waals surface area contributed by atoms with E-state index in [0.29, 0.717) is 17.4 Å². The number of thioether (sulfide) groups is 1. The van der Waals surface area contributed by atoms with Crippen molar-refractivity contribution in [3.05, 3.63) is 23.3 Å². The Kier molecular flexibility index (Phi) is 3.10.